The second-order valence-electron chi connectivity index (χ2n) is 5.97. The number of fused-ring (bicyclic) bond motifs is 1. The number of aromatic hydroxyl groups is 1. The van der Waals surface area contributed by atoms with Gasteiger partial charge >= 0.3 is 5.69 Å². The maximum absolute atomic E-state index is 12.7. The molecule has 26 heavy (non-hydrogen) atoms. The SMILES string of the molecule is CCCn1c2c(c(=O)n(C)c1=O)C(=O)C(=Cc1ccc(O)c(OC)c1)N2. The third-order valence-corrected chi connectivity index (χ3v) is 4.23. The zero-order chi connectivity index (χ0) is 19.0. The summed E-state index contributed by atoms with van der Waals surface area (Å²) in [5.74, 6) is -0.00477. The highest BCUT2D eigenvalue weighted by Gasteiger charge is 2.32. The Labute approximate surface area is 149 Å². The summed E-state index contributed by atoms with van der Waals surface area (Å²) in [6.07, 6.45) is 2.22. The number of hydrogen-bond acceptors (Lipinski definition) is 6. The fourth-order valence-electron chi connectivity index (χ4n) is 2.90. The summed E-state index contributed by atoms with van der Waals surface area (Å²) in [7, 11) is 2.78. The molecule has 8 heteroatoms. The smallest absolute Gasteiger partial charge is 0.332 e. The first-order valence-electron chi connectivity index (χ1n) is 8.13. The van der Waals surface area contributed by atoms with Crippen LogP contribution in [-0.2, 0) is 13.6 Å². The van der Waals surface area contributed by atoms with Gasteiger partial charge in [-0.3, -0.25) is 18.7 Å². The van der Waals surface area contributed by atoms with Crippen LogP contribution in [0.25, 0.3) is 6.08 Å². The number of carbonyl (C=O) groups excluding carboxylic acids is 1. The Balaban J connectivity index is 2.13. The highest BCUT2D eigenvalue weighted by Crippen LogP contribution is 2.30. The molecule has 0 bridgehead atoms. The van der Waals surface area contributed by atoms with Gasteiger partial charge < -0.3 is 15.2 Å². The Hall–Kier alpha value is -3.29. The van der Waals surface area contributed by atoms with Crippen LogP contribution in [0.1, 0.15) is 29.3 Å². The van der Waals surface area contributed by atoms with Gasteiger partial charge in [-0.15, -0.1) is 0 Å². The van der Waals surface area contributed by atoms with Crippen molar-refractivity contribution in [3.8, 4) is 11.5 Å². The second kappa shape index (κ2) is 6.55. The van der Waals surface area contributed by atoms with Crippen LogP contribution in [0.5, 0.6) is 11.5 Å². The lowest BCUT2D eigenvalue weighted by atomic mass is 10.1. The number of nitrogens with zero attached hydrogens (tertiary/aromatic N) is 2. The molecule has 2 heterocycles. The minimum Gasteiger partial charge on any atom is -0.504 e. The predicted molar refractivity (Wildman–Crippen MR) is 96.8 cm³/mol. The van der Waals surface area contributed by atoms with E-state index in [9.17, 15) is 19.5 Å². The molecule has 0 aliphatic carbocycles. The zero-order valence-corrected chi connectivity index (χ0v) is 14.7. The number of benzene rings is 1. The molecule has 0 amide bonds. The maximum Gasteiger partial charge on any atom is 0.332 e. The predicted octanol–water partition coefficient (Wildman–Crippen LogP) is 1.32. The molecule has 0 atom stereocenters. The summed E-state index contributed by atoms with van der Waals surface area (Å²) in [6.45, 7) is 2.29. The number of phenolic OH excluding ortho intramolecular Hbond substituents is 1. The number of phenols is 1. The fraction of sp³-hybridized carbons (Fsp3) is 0.278. The van der Waals surface area contributed by atoms with E-state index in [-0.39, 0.29) is 28.6 Å². The number of carbonyl (C=O) groups is 1. The molecule has 3 rings (SSSR count). The van der Waals surface area contributed by atoms with Gasteiger partial charge in [-0.05, 0) is 30.2 Å². The molecule has 1 aliphatic heterocycles. The summed E-state index contributed by atoms with van der Waals surface area (Å²) >= 11 is 0. The number of ether oxygens (including phenoxy) is 1. The molecule has 0 saturated heterocycles. The lowest BCUT2D eigenvalue weighted by Crippen LogP contribution is -2.40. The number of methoxy groups -OCH3 is 1. The standard InChI is InChI=1S/C18H19N3O5/c1-4-7-21-16-14(17(24)20(2)18(21)25)15(23)11(19-16)8-10-5-6-12(22)13(9-10)26-3/h5-6,8-9,19,22H,4,7H2,1-3H3. The van der Waals surface area contributed by atoms with E-state index in [1.165, 1.54) is 24.8 Å². The van der Waals surface area contributed by atoms with Crippen LogP contribution in [0.4, 0.5) is 5.82 Å². The molecule has 1 aromatic heterocycles. The first-order valence-corrected chi connectivity index (χ1v) is 8.13. The topological polar surface area (TPSA) is 103 Å². The largest absolute Gasteiger partial charge is 0.504 e. The Morgan fingerprint density at radius 2 is 2.00 bits per heavy atom. The van der Waals surface area contributed by atoms with E-state index in [1.54, 1.807) is 18.2 Å². The first-order chi connectivity index (χ1) is 12.4. The van der Waals surface area contributed by atoms with E-state index in [0.717, 1.165) is 4.57 Å². The number of allylic oxidation sites excluding steroid dienone is 1. The molecule has 1 aromatic carbocycles. The van der Waals surface area contributed by atoms with Crippen molar-refractivity contribution in [1.82, 2.24) is 9.13 Å². The van der Waals surface area contributed by atoms with Crippen molar-refractivity contribution < 1.29 is 14.6 Å². The third kappa shape index (κ3) is 2.69. The van der Waals surface area contributed by atoms with E-state index in [4.69, 9.17) is 4.74 Å². The summed E-state index contributed by atoms with van der Waals surface area (Å²) in [6, 6.07) is 4.63. The Kier molecular flexibility index (Phi) is 4.41. The highest BCUT2D eigenvalue weighted by molar-refractivity contribution is 6.19. The number of rotatable bonds is 4. The van der Waals surface area contributed by atoms with Gasteiger partial charge in [0.2, 0.25) is 5.78 Å². The number of hydrogen-bond donors (Lipinski definition) is 2. The average Bonchev–Trinajstić information content (AvgIpc) is 2.94. The van der Waals surface area contributed by atoms with Crippen LogP contribution in [0.3, 0.4) is 0 Å². The molecule has 8 nitrogen and oxygen atoms in total. The second-order valence-corrected chi connectivity index (χ2v) is 5.97. The van der Waals surface area contributed by atoms with Gasteiger partial charge in [0.25, 0.3) is 5.56 Å². The molecular weight excluding hydrogens is 338 g/mol. The zero-order valence-electron chi connectivity index (χ0n) is 14.7. The van der Waals surface area contributed by atoms with E-state index in [1.807, 2.05) is 6.92 Å². The molecule has 0 saturated carbocycles. The van der Waals surface area contributed by atoms with Crippen LogP contribution in [-0.4, -0.2) is 27.1 Å². The molecule has 1 aliphatic rings. The Morgan fingerprint density at radius 1 is 1.27 bits per heavy atom. The van der Waals surface area contributed by atoms with Crippen LogP contribution in [0.15, 0.2) is 33.5 Å². The quantitative estimate of drug-likeness (QED) is 0.800. The van der Waals surface area contributed by atoms with Crippen LogP contribution in [0.2, 0.25) is 0 Å². The number of ketones is 1. The van der Waals surface area contributed by atoms with Gasteiger partial charge in [0.15, 0.2) is 11.5 Å². The number of nitrogens with one attached hydrogen (secondary N) is 1. The number of aromatic nitrogens is 2. The van der Waals surface area contributed by atoms with Crippen molar-refractivity contribution in [3.63, 3.8) is 0 Å². The van der Waals surface area contributed by atoms with Crippen molar-refractivity contribution in [2.75, 3.05) is 12.4 Å². The van der Waals surface area contributed by atoms with Crippen molar-refractivity contribution in [2.24, 2.45) is 7.05 Å². The van der Waals surface area contributed by atoms with E-state index >= 15 is 0 Å². The summed E-state index contributed by atoms with van der Waals surface area (Å²) in [5, 5.41) is 12.6. The normalized spacial score (nSPS) is 14.4. The molecule has 136 valence electrons. The van der Waals surface area contributed by atoms with E-state index in [2.05, 4.69) is 5.32 Å². The molecular formula is C18H19N3O5. The molecule has 0 fully saturated rings. The van der Waals surface area contributed by atoms with Crippen LogP contribution >= 0.6 is 0 Å². The summed E-state index contributed by atoms with van der Waals surface area (Å²) in [4.78, 5) is 37.5. The van der Waals surface area contributed by atoms with Crippen molar-refractivity contribution in [2.45, 2.75) is 19.9 Å². The minimum absolute atomic E-state index is 0.0192. The first kappa shape index (κ1) is 17.5. The molecule has 0 spiro atoms. The lowest BCUT2D eigenvalue weighted by Gasteiger charge is -2.11. The van der Waals surface area contributed by atoms with Crippen LogP contribution < -0.4 is 21.3 Å². The summed E-state index contributed by atoms with van der Waals surface area (Å²) in [5.41, 5.74) is -0.354. The average molecular weight is 357 g/mol. The Morgan fingerprint density at radius 3 is 2.65 bits per heavy atom. The van der Waals surface area contributed by atoms with Crippen LogP contribution in [0, 0.1) is 0 Å². The van der Waals surface area contributed by atoms with Crippen molar-refractivity contribution in [3.05, 3.63) is 55.9 Å². The highest BCUT2D eigenvalue weighted by atomic mass is 16.5. The molecule has 0 unspecified atom stereocenters. The monoisotopic (exact) mass is 357 g/mol. The number of Topliss-reactive ketones (excluding diaryl/α,β-unsaturated/α-hetero) is 1. The Bertz CT molecular complexity index is 1050. The molecule has 0 radical (unpaired) electrons. The van der Waals surface area contributed by atoms with Gasteiger partial charge in [0, 0.05) is 13.6 Å². The van der Waals surface area contributed by atoms with Gasteiger partial charge in [0.05, 0.1) is 12.8 Å². The molecule has 2 N–H and O–H groups in total. The van der Waals surface area contributed by atoms with E-state index < -0.39 is 17.0 Å². The summed E-state index contributed by atoms with van der Waals surface area (Å²) < 4.78 is 7.40. The fourth-order valence-corrected chi connectivity index (χ4v) is 2.90. The van der Waals surface area contributed by atoms with Gasteiger partial charge in [0.1, 0.15) is 11.4 Å². The third-order valence-electron chi connectivity index (χ3n) is 4.23. The van der Waals surface area contributed by atoms with Crippen molar-refractivity contribution >= 4 is 17.7 Å². The maximum atomic E-state index is 12.7. The van der Waals surface area contributed by atoms with Gasteiger partial charge in [-0.1, -0.05) is 13.0 Å². The lowest BCUT2D eigenvalue weighted by molar-refractivity contribution is 0.104. The van der Waals surface area contributed by atoms with Gasteiger partial charge in [-0.25, -0.2) is 4.79 Å². The minimum atomic E-state index is -0.624. The van der Waals surface area contributed by atoms with E-state index in [0.29, 0.717) is 18.5 Å². The molecule has 2 aromatic rings. The number of anilines is 1. The van der Waals surface area contributed by atoms with Gasteiger partial charge in [-0.2, -0.15) is 0 Å². The van der Waals surface area contributed by atoms with Crippen molar-refractivity contribution in [1.29, 1.82) is 0 Å².